The van der Waals surface area contributed by atoms with Gasteiger partial charge in [-0.25, -0.2) is 4.99 Å². The minimum absolute atomic E-state index is 0.0611. The molecule has 0 unspecified atom stereocenters. The normalized spacial score (nSPS) is 21.8. The summed E-state index contributed by atoms with van der Waals surface area (Å²) in [6.07, 6.45) is 4.61. The fraction of sp³-hybridized carbons (Fsp3) is 0.524. The molecule has 1 fully saturated rings. The third kappa shape index (κ3) is 2.30. The molecule has 2 aliphatic heterocycles. The predicted molar refractivity (Wildman–Crippen MR) is 101 cm³/mol. The summed E-state index contributed by atoms with van der Waals surface area (Å²) in [7, 11) is 0. The Balaban J connectivity index is 1.68. The van der Waals surface area contributed by atoms with Crippen LogP contribution in [0.2, 0.25) is 0 Å². The van der Waals surface area contributed by atoms with Crippen LogP contribution >= 0.6 is 0 Å². The van der Waals surface area contributed by atoms with Crippen LogP contribution in [0.15, 0.2) is 23.2 Å². The number of likely N-dealkylation sites (tertiary alicyclic amines) is 1. The zero-order chi connectivity index (χ0) is 17.2. The number of carbonyl (C=O) groups is 1. The van der Waals surface area contributed by atoms with Crippen LogP contribution in [0.5, 0.6) is 0 Å². The molecule has 0 atom stereocenters. The summed E-state index contributed by atoms with van der Waals surface area (Å²) < 4.78 is 2.49. The van der Waals surface area contributed by atoms with E-state index in [4.69, 9.17) is 0 Å². The fourth-order valence-electron chi connectivity index (χ4n) is 4.96. The Labute approximate surface area is 148 Å². The third-order valence-corrected chi connectivity index (χ3v) is 6.08. The van der Waals surface area contributed by atoms with Crippen molar-refractivity contribution >= 4 is 22.5 Å². The Morgan fingerprint density at radius 3 is 2.72 bits per heavy atom. The summed E-state index contributed by atoms with van der Waals surface area (Å²) in [6, 6.07) is 6.14. The van der Waals surface area contributed by atoms with Crippen LogP contribution in [0.3, 0.4) is 0 Å². The SMILES string of the molecule is CC1(C)CC2=NC(=O)c3cccc4c3c2c(n4CCN2CCCC2)C1. The Kier molecular flexibility index (Phi) is 3.23. The maximum Gasteiger partial charge on any atom is 0.277 e. The first-order valence-corrected chi connectivity index (χ1v) is 9.52. The lowest BCUT2D eigenvalue weighted by Gasteiger charge is -2.32. The molecular weight excluding hydrogens is 310 g/mol. The molecule has 0 bridgehead atoms. The minimum atomic E-state index is -0.0611. The van der Waals surface area contributed by atoms with Crippen molar-refractivity contribution in [2.75, 3.05) is 19.6 Å². The summed E-state index contributed by atoms with van der Waals surface area (Å²) in [5, 5.41) is 1.16. The van der Waals surface area contributed by atoms with Crippen molar-refractivity contribution in [1.82, 2.24) is 9.47 Å². The molecule has 3 heterocycles. The monoisotopic (exact) mass is 335 g/mol. The van der Waals surface area contributed by atoms with Crippen LogP contribution < -0.4 is 0 Å². The maximum absolute atomic E-state index is 12.6. The molecule has 130 valence electrons. The number of amides is 1. The van der Waals surface area contributed by atoms with Gasteiger partial charge in [0, 0.05) is 35.2 Å². The van der Waals surface area contributed by atoms with E-state index in [0.29, 0.717) is 0 Å². The highest BCUT2D eigenvalue weighted by Gasteiger charge is 2.37. The van der Waals surface area contributed by atoms with E-state index >= 15 is 0 Å². The second-order valence-electron chi connectivity index (χ2n) is 8.60. The molecule has 4 heteroatoms. The molecule has 1 saturated heterocycles. The molecule has 0 N–H and O–H groups in total. The van der Waals surface area contributed by atoms with Gasteiger partial charge in [0.2, 0.25) is 0 Å². The molecule has 0 radical (unpaired) electrons. The highest BCUT2D eigenvalue weighted by molar-refractivity contribution is 6.26. The van der Waals surface area contributed by atoms with Gasteiger partial charge < -0.3 is 9.47 Å². The lowest BCUT2D eigenvalue weighted by molar-refractivity contribution is 0.100. The molecule has 25 heavy (non-hydrogen) atoms. The fourth-order valence-corrected chi connectivity index (χ4v) is 4.96. The Bertz CT molecular complexity index is 913. The summed E-state index contributed by atoms with van der Waals surface area (Å²) in [5.74, 6) is -0.0611. The predicted octanol–water partition coefficient (Wildman–Crippen LogP) is 3.65. The van der Waals surface area contributed by atoms with Gasteiger partial charge in [-0.1, -0.05) is 19.9 Å². The van der Waals surface area contributed by atoms with E-state index < -0.39 is 0 Å². The van der Waals surface area contributed by atoms with Crippen molar-refractivity contribution in [3.63, 3.8) is 0 Å². The summed E-state index contributed by atoms with van der Waals surface area (Å²) in [6.45, 7) is 9.14. The van der Waals surface area contributed by atoms with E-state index in [1.165, 1.54) is 42.7 Å². The smallest absolute Gasteiger partial charge is 0.277 e. The highest BCUT2D eigenvalue weighted by Crippen LogP contribution is 2.43. The molecule has 1 aromatic heterocycles. The van der Waals surface area contributed by atoms with Gasteiger partial charge in [0.25, 0.3) is 5.91 Å². The summed E-state index contributed by atoms with van der Waals surface area (Å²) in [5.41, 5.74) is 5.84. The standard InChI is InChI=1S/C21H25N3O/c1-21(2)12-15-19-17(13-21)24(11-10-23-8-3-4-9-23)16-7-5-6-14(18(16)19)20(25)22-15/h5-7H,3-4,8-13H2,1-2H3. The maximum atomic E-state index is 12.6. The van der Waals surface area contributed by atoms with E-state index in [1.54, 1.807) is 0 Å². The molecule has 0 spiro atoms. The zero-order valence-corrected chi connectivity index (χ0v) is 15.1. The molecule has 1 aliphatic carbocycles. The van der Waals surface area contributed by atoms with Gasteiger partial charge in [0.1, 0.15) is 0 Å². The van der Waals surface area contributed by atoms with Crippen LogP contribution in [-0.4, -0.2) is 40.7 Å². The van der Waals surface area contributed by atoms with Crippen molar-refractivity contribution in [2.24, 2.45) is 10.4 Å². The average Bonchev–Trinajstić information content (AvgIpc) is 3.16. The minimum Gasteiger partial charge on any atom is -0.343 e. The lowest BCUT2D eigenvalue weighted by atomic mass is 9.74. The number of benzene rings is 1. The van der Waals surface area contributed by atoms with Crippen LogP contribution in [0.1, 0.15) is 54.7 Å². The number of aromatic nitrogens is 1. The second kappa shape index (κ2) is 5.28. The van der Waals surface area contributed by atoms with E-state index in [1.807, 2.05) is 12.1 Å². The topological polar surface area (TPSA) is 37.6 Å². The number of hydrogen-bond donors (Lipinski definition) is 0. The first kappa shape index (κ1) is 15.3. The average molecular weight is 335 g/mol. The lowest BCUT2D eigenvalue weighted by Crippen LogP contribution is -2.31. The van der Waals surface area contributed by atoms with Crippen molar-refractivity contribution in [3.05, 3.63) is 35.0 Å². The molecule has 5 rings (SSSR count). The molecule has 4 nitrogen and oxygen atoms in total. The zero-order valence-electron chi connectivity index (χ0n) is 15.1. The number of carbonyl (C=O) groups excluding carboxylic acids is 1. The molecule has 1 aromatic carbocycles. The quantitative estimate of drug-likeness (QED) is 0.858. The first-order chi connectivity index (χ1) is 12.0. The Hall–Kier alpha value is -1.94. The van der Waals surface area contributed by atoms with E-state index in [2.05, 4.69) is 34.4 Å². The van der Waals surface area contributed by atoms with Crippen LogP contribution in [0, 0.1) is 5.41 Å². The van der Waals surface area contributed by atoms with Gasteiger partial charge >= 0.3 is 0 Å². The Morgan fingerprint density at radius 2 is 1.92 bits per heavy atom. The van der Waals surface area contributed by atoms with E-state index in [0.717, 1.165) is 42.6 Å². The second-order valence-corrected chi connectivity index (χ2v) is 8.60. The van der Waals surface area contributed by atoms with Crippen molar-refractivity contribution in [3.8, 4) is 0 Å². The molecule has 0 saturated carbocycles. The number of hydrogen-bond acceptors (Lipinski definition) is 2. The van der Waals surface area contributed by atoms with Gasteiger partial charge in [-0.05, 0) is 56.3 Å². The Morgan fingerprint density at radius 1 is 1.12 bits per heavy atom. The van der Waals surface area contributed by atoms with Gasteiger partial charge in [0.05, 0.1) is 11.3 Å². The van der Waals surface area contributed by atoms with Crippen LogP contribution in [0.4, 0.5) is 0 Å². The van der Waals surface area contributed by atoms with Crippen molar-refractivity contribution in [2.45, 2.75) is 46.1 Å². The summed E-state index contributed by atoms with van der Waals surface area (Å²) >= 11 is 0. The first-order valence-electron chi connectivity index (χ1n) is 9.52. The van der Waals surface area contributed by atoms with Crippen LogP contribution in [0.25, 0.3) is 10.9 Å². The van der Waals surface area contributed by atoms with Crippen LogP contribution in [-0.2, 0) is 13.0 Å². The van der Waals surface area contributed by atoms with Gasteiger partial charge in [0.15, 0.2) is 0 Å². The summed E-state index contributed by atoms with van der Waals surface area (Å²) in [4.78, 5) is 19.6. The van der Waals surface area contributed by atoms with Gasteiger partial charge in [-0.3, -0.25) is 4.79 Å². The number of rotatable bonds is 3. The molecule has 1 amide bonds. The molecule has 3 aliphatic rings. The largest absolute Gasteiger partial charge is 0.343 e. The number of aliphatic imine (C=N–C) groups is 1. The third-order valence-electron chi connectivity index (χ3n) is 6.08. The molecular formula is C21H25N3O. The van der Waals surface area contributed by atoms with Gasteiger partial charge in [-0.15, -0.1) is 0 Å². The highest BCUT2D eigenvalue weighted by atomic mass is 16.1. The van der Waals surface area contributed by atoms with Crippen molar-refractivity contribution in [1.29, 1.82) is 0 Å². The molecule has 2 aromatic rings. The number of nitrogens with zero attached hydrogens (tertiary/aromatic N) is 3. The van der Waals surface area contributed by atoms with E-state index in [9.17, 15) is 4.79 Å². The van der Waals surface area contributed by atoms with E-state index in [-0.39, 0.29) is 11.3 Å². The van der Waals surface area contributed by atoms with Crippen molar-refractivity contribution < 1.29 is 4.79 Å². The van der Waals surface area contributed by atoms with Gasteiger partial charge in [-0.2, -0.15) is 0 Å².